The Labute approximate surface area is 188 Å². The second kappa shape index (κ2) is 7.39. The van der Waals surface area contributed by atoms with Gasteiger partial charge in [0, 0.05) is 28.9 Å². The number of fused-ring (bicyclic) bond motifs is 3. The molecule has 1 aliphatic heterocycles. The molecule has 3 atom stereocenters. The number of hydrogen-bond acceptors (Lipinski definition) is 5. The molecule has 3 aromatic rings. The van der Waals surface area contributed by atoms with Gasteiger partial charge in [-0.25, -0.2) is 4.98 Å². The average molecular weight is 429 g/mol. The number of ether oxygens (including phenoxy) is 2. The summed E-state index contributed by atoms with van der Waals surface area (Å²) in [4.78, 5) is 9.68. The zero-order valence-electron chi connectivity index (χ0n) is 18.3. The van der Waals surface area contributed by atoms with Crippen LogP contribution in [-0.4, -0.2) is 34.1 Å². The average Bonchev–Trinajstić information content (AvgIpc) is 3.32. The van der Waals surface area contributed by atoms with Gasteiger partial charge < -0.3 is 14.6 Å². The van der Waals surface area contributed by atoms with E-state index >= 15 is 0 Å². The lowest BCUT2D eigenvalue weighted by atomic mass is 9.51. The molecule has 0 bridgehead atoms. The van der Waals surface area contributed by atoms with Crippen LogP contribution in [0.3, 0.4) is 0 Å². The van der Waals surface area contributed by atoms with Crippen molar-refractivity contribution in [1.29, 1.82) is 0 Å². The number of rotatable bonds is 2. The zero-order valence-corrected chi connectivity index (χ0v) is 18.3. The first-order chi connectivity index (χ1) is 15.6. The number of aromatic nitrogens is 2. The lowest BCUT2D eigenvalue weighted by Crippen LogP contribution is -2.57. The van der Waals surface area contributed by atoms with Crippen molar-refractivity contribution in [2.24, 2.45) is 11.8 Å². The van der Waals surface area contributed by atoms with Crippen LogP contribution in [0.1, 0.15) is 43.0 Å². The Morgan fingerprint density at radius 3 is 2.31 bits per heavy atom. The highest BCUT2D eigenvalue weighted by atomic mass is 16.7. The largest absolute Gasteiger partial charge is 0.493 e. The van der Waals surface area contributed by atoms with Crippen molar-refractivity contribution in [3.05, 3.63) is 77.5 Å². The summed E-state index contributed by atoms with van der Waals surface area (Å²) in [6, 6.07) is 20.6. The van der Waals surface area contributed by atoms with E-state index in [-0.39, 0.29) is 17.2 Å². The highest BCUT2D eigenvalue weighted by molar-refractivity contribution is 5.58. The Morgan fingerprint density at radius 2 is 1.59 bits per heavy atom. The fraction of sp³-hybridized carbons (Fsp3) is 0.407. The van der Waals surface area contributed by atoms with Crippen LogP contribution in [0.4, 0.5) is 0 Å². The standard InChI is InChI=1S/C27H28N2O3/c1-18-22-13-12-21-23(28-24(29-25(21)30)19-8-4-2-5-9-19)26(22,20-10-6-3-7-11-20)14-15-27(18)31-16-17-32-27/h2-11,18,22H,12-17H2,1H3,(H,28,29,30). The molecular formula is C27H28N2O3. The molecule has 1 aromatic heterocycles. The second-order valence-corrected chi connectivity index (χ2v) is 9.34. The topological polar surface area (TPSA) is 64.5 Å². The van der Waals surface area contributed by atoms with Gasteiger partial charge in [-0.05, 0) is 30.7 Å². The second-order valence-electron chi connectivity index (χ2n) is 9.34. The predicted octanol–water partition coefficient (Wildman–Crippen LogP) is 4.87. The molecule has 1 N–H and O–H groups in total. The summed E-state index contributed by atoms with van der Waals surface area (Å²) in [6.45, 7) is 3.59. The van der Waals surface area contributed by atoms with Crippen LogP contribution in [0.5, 0.6) is 5.88 Å². The molecule has 3 aliphatic rings. The normalized spacial score (nSPS) is 28.3. The smallest absolute Gasteiger partial charge is 0.218 e. The Balaban J connectivity index is 1.58. The maximum absolute atomic E-state index is 11.0. The summed E-state index contributed by atoms with van der Waals surface area (Å²) in [7, 11) is 0. The SMILES string of the molecule is CC1C2CCc3c(O)nc(-c4ccccc4)nc3C2(c2ccccc2)CCC12OCCO2. The number of aromatic hydroxyl groups is 1. The summed E-state index contributed by atoms with van der Waals surface area (Å²) in [6.07, 6.45) is 3.38. The molecule has 2 fully saturated rings. The van der Waals surface area contributed by atoms with Gasteiger partial charge in [-0.2, -0.15) is 4.98 Å². The van der Waals surface area contributed by atoms with Gasteiger partial charge in [-0.1, -0.05) is 67.6 Å². The molecule has 2 aliphatic carbocycles. The molecule has 5 nitrogen and oxygen atoms in total. The van der Waals surface area contributed by atoms with Gasteiger partial charge in [-0.15, -0.1) is 0 Å². The molecule has 2 aromatic carbocycles. The molecule has 5 heteroatoms. The van der Waals surface area contributed by atoms with Crippen molar-refractivity contribution in [1.82, 2.24) is 9.97 Å². The molecule has 0 radical (unpaired) electrons. The number of benzene rings is 2. The van der Waals surface area contributed by atoms with Gasteiger partial charge in [0.25, 0.3) is 0 Å². The van der Waals surface area contributed by atoms with Gasteiger partial charge in [-0.3, -0.25) is 0 Å². The first kappa shape index (κ1) is 19.9. The first-order valence-electron chi connectivity index (χ1n) is 11.6. The third-order valence-corrected chi connectivity index (χ3v) is 8.01. The lowest BCUT2D eigenvalue weighted by Gasteiger charge is -2.55. The predicted molar refractivity (Wildman–Crippen MR) is 121 cm³/mol. The summed E-state index contributed by atoms with van der Waals surface area (Å²) in [5, 5.41) is 11.0. The van der Waals surface area contributed by atoms with Gasteiger partial charge in [0.05, 0.1) is 18.9 Å². The maximum Gasteiger partial charge on any atom is 0.218 e. The van der Waals surface area contributed by atoms with Crippen molar-refractivity contribution in [2.45, 2.75) is 43.8 Å². The molecule has 0 amide bonds. The minimum atomic E-state index is -0.502. The van der Waals surface area contributed by atoms with Crippen LogP contribution in [0.15, 0.2) is 60.7 Å². The van der Waals surface area contributed by atoms with E-state index in [1.54, 1.807) is 0 Å². The molecular weight excluding hydrogens is 400 g/mol. The fourth-order valence-electron chi connectivity index (χ4n) is 6.50. The van der Waals surface area contributed by atoms with E-state index in [0.717, 1.165) is 42.5 Å². The van der Waals surface area contributed by atoms with Crippen LogP contribution in [0.2, 0.25) is 0 Å². The minimum Gasteiger partial charge on any atom is -0.493 e. The molecule has 32 heavy (non-hydrogen) atoms. The molecule has 2 heterocycles. The summed E-state index contributed by atoms with van der Waals surface area (Å²) < 4.78 is 12.4. The fourth-order valence-corrected chi connectivity index (χ4v) is 6.50. The van der Waals surface area contributed by atoms with Crippen LogP contribution in [-0.2, 0) is 21.3 Å². The van der Waals surface area contributed by atoms with E-state index in [1.165, 1.54) is 5.56 Å². The minimum absolute atomic E-state index is 0.115. The molecule has 6 rings (SSSR count). The van der Waals surface area contributed by atoms with E-state index in [2.05, 4.69) is 42.2 Å². The summed E-state index contributed by atoms with van der Waals surface area (Å²) in [5.41, 5.74) is 3.73. The van der Waals surface area contributed by atoms with Crippen molar-refractivity contribution >= 4 is 0 Å². The Bertz CT molecular complexity index is 1130. The van der Waals surface area contributed by atoms with E-state index in [1.807, 2.05) is 30.3 Å². The van der Waals surface area contributed by atoms with Crippen molar-refractivity contribution in [3.8, 4) is 17.3 Å². The van der Waals surface area contributed by atoms with Gasteiger partial charge in [0.1, 0.15) is 0 Å². The van der Waals surface area contributed by atoms with Crippen molar-refractivity contribution in [3.63, 3.8) is 0 Å². The van der Waals surface area contributed by atoms with Gasteiger partial charge in [0.15, 0.2) is 11.6 Å². The zero-order chi connectivity index (χ0) is 21.8. The lowest BCUT2D eigenvalue weighted by molar-refractivity contribution is -0.232. The third kappa shape index (κ3) is 2.77. The van der Waals surface area contributed by atoms with E-state index in [4.69, 9.17) is 14.5 Å². The monoisotopic (exact) mass is 428 g/mol. The Morgan fingerprint density at radius 1 is 0.906 bits per heavy atom. The molecule has 1 saturated carbocycles. The van der Waals surface area contributed by atoms with Crippen LogP contribution in [0, 0.1) is 11.8 Å². The highest BCUT2D eigenvalue weighted by Crippen LogP contribution is 2.60. The third-order valence-electron chi connectivity index (χ3n) is 8.01. The molecule has 164 valence electrons. The highest BCUT2D eigenvalue weighted by Gasteiger charge is 2.60. The quantitative estimate of drug-likeness (QED) is 0.631. The van der Waals surface area contributed by atoms with Crippen LogP contribution >= 0.6 is 0 Å². The molecule has 1 spiro atoms. The molecule has 3 unspecified atom stereocenters. The Hall–Kier alpha value is -2.76. The number of nitrogens with zero attached hydrogens (tertiary/aromatic N) is 2. The van der Waals surface area contributed by atoms with E-state index in [9.17, 15) is 5.11 Å². The summed E-state index contributed by atoms with van der Waals surface area (Å²) in [5.74, 6) is 0.701. The van der Waals surface area contributed by atoms with E-state index < -0.39 is 5.79 Å². The Kier molecular flexibility index (Phi) is 4.60. The van der Waals surface area contributed by atoms with E-state index in [0.29, 0.717) is 25.0 Å². The maximum atomic E-state index is 11.0. The van der Waals surface area contributed by atoms with Crippen molar-refractivity contribution in [2.75, 3.05) is 13.2 Å². The van der Waals surface area contributed by atoms with Crippen LogP contribution in [0.25, 0.3) is 11.4 Å². The summed E-state index contributed by atoms with van der Waals surface area (Å²) >= 11 is 0. The molecule has 1 saturated heterocycles. The van der Waals surface area contributed by atoms with Gasteiger partial charge in [0.2, 0.25) is 5.88 Å². The number of hydrogen-bond donors (Lipinski definition) is 1. The van der Waals surface area contributed by atoms with Crippen LogP contribution < -0.4 is 0 Å². The first-order valence-corrected chi connectivity index (χ1v) is 11.6. The van der Waals surface area contributed by atoms with Gasteiger partial charge >= 0.3 is 0 Å². The van der Waals surface area contributed by atoms with Crippen molar-refractivity contribution < 1.29 is 14.6 Å².